The zero-order valence-corrected chi connectivity index (χ0v) is 22.9. The van der Waals surface area contributed by atoms with Crippen LogP contribution in [0.3, 0.4) is 0 Å². The Morgan fingerprint density at radius 1 is 0.923 bits per heavy atom. The molecule has 0 radical (unpaired) electrons. The van der Waals surface area contributed by atoms with Crippen LogP contribution in [0, 0.1) is 13.8 Å². The summed E-state index contributed by atoms with van der Waals surface area (Å²) in [6.07, 6.45) is -0.277. The summed E-state index contributed by atoms with van der Waals surface area (Å²) in [6, 6.07) is 19.4. The number of rotatable bonds is 6. The van der Waals surface area contributed by atoms with Gasteiger partial charge in [0.25, 0.3) is 11.8 Å². The molecule has 1 atom stereocenters. The minimum atomic E-state index is -0.277. The molecule has 3 aromatic rings. The second kappa shape index (κ2) is 11.2. The van der Waals surface area contributed by atoms with Crippen LogP contribution in [0.15, 0.2) is 72.1 Å². The number of nitrogens with zero attached hydrogens (tertiary/aromatic N) is 1. The van der Waals surface area contributed by atoms with E-state index in [4.69, 9.17) is 4.74 Å². The number of allylic oxidation sites excluding steroid dienone is 1. The third-order valence-electron chi connectivity index (χ3n) is 7.33. The zero-order chi connectivity index (χ0) is 27.5. The van der Waals surface area contributed by atoms with Gasteiger partial charge in [0, 0.05) is 48.7 Å². The summed E-state index contributed by atoms with van der Waals surface area (Å²) < 4.78 is 5.69. The fourth-order valence-corrected chi connectivity index (χ4v) is 5.29. The van der Waals surface area contributed by atoms with Crippen molar-refractivity contribution in [2.24, 2.45) is 0 Å². The SMILES string of the molecule is COc1ccc(C2NC(C)=C(C(=O)Nc3cccc(C(=O)N4CCNCC4)c3)N2)cc1-c1c(C)cccc1C. The van der Waals surface area contributed by atoms with E-state index < -0.39 is 0 Å². The van der Waals surface area contributed by atoms with E-state index in [0.29, 0.717) is 30.0 Å². The maximum absolute atomic E-state index is 13.3. The van der Waals surface area contributed by atoms with Crippen molar-refractivity contribution in [1.82, 2.24) is 20.9 Å². The summed E-state index contributed by atoms with van der Waals surface area (Å²) in [7, 11) is 1.68. The van der Waals surface area contributed by atoms with Gasteiger partial charge in [-0.15, -0.1) is 0 Å². The highest BCUT2D eigenvalue weighted by Gasteiger charge is 2.27. The van der Waals surface area contributed by atoms with Gasteiger partial charge in [-0.25, -0.2) is 0 Å². The number of carbonyl (C=O) groups excluding carboxylic acids is 2. The van der Waals surface area contributed by atoms with E-state index >= 15 is 0 Å². The van der Waals surface area contributed by atoms with Crippen molar-refractivity contribution in [3.05, 3.63) is 94.3 Å². The minimum absolute atomic E-state index is 0.0251. The summed E-state index contributed by atoms with van der Waals surface area (Å²) >= 11 is 0. The molecule has 0 bridgehead atoms. The van der Waals surface area contributed by atoms with Crippen molar-refractivity contribution in [3.63, 3.8) is 0 Å². The van der Waals surface area contributed by atoms with Crippen LogP contribution < -0.4 is 26.0 Å². The summed E-state index contributed by atoms with van der Waals surface area (Å²) in [5.41, 5.74) is 7.83. The molecule has 0 saturated carbocycles. The van der Waals surface area contributed by atoms with Gasteiger partial charge in [-0.3, -0.25) is 9.59 Å². The summed E-state index contributed by atoms with van der Waals surface area (Å²) in [6.45, 7) is 9.00. The third-order valence-corrected chi connectivity index (χ3v) is 7.33. The van der Waals surface area contributed by atoms with Gasteiger partial charge in [-0.1, -0.05) is 30.3 Å². The van der Waals surface area contributed by atoms with E-state index in [1.807, 2.05) is 24.0 Å². The first-order valence-electron chi connectivity index (χ1n) is 13.3. The van der Waals surface area contributed by atoms with E-state index in [0.717, 1.165) is 41.2 Å². The van der Waals surface area contributed by atoms with E-state index in [2.05, 4.69) is 59.4 Å². The highest BCUT2D eigenvalue weighted by Crippen LogP contribution is 2.37. The number of anilines is 1. The van der Waals surface area contributed by atoms with Crippen molar-refractivity contribution >= 4 is 17.5 Å². The van der Waals surface area contributed by atoms with Crippen LogP contribution in [0.4, 0.5) is 5.69 Å². The molecule has 8 heteroatoms. The molecule has 4 N–H and O–H groups in total. The standard InChI is InChI=1S/C31H35N5O3/c1-19-7-5-8-20(2)27(19)25-18-22(11-12-26(25)39-4)29-33-21(3)28(35-29)30(37)34-24-10-6-9-23(17-24)31(38)36-15-13-32-14-16-36/h5-12,17-18,29,32-33,35H,13-16H2,1-4H3,(H,34,37). The van der Waals surface area contributed by atoms with Crippen LogP contribution in [0.2, 0.25) is 0 Å². The third kappa shape index (κ3) is 5.47. The quantitative estimate of drug-likeness (QED) is 0.387. The smallest absolute Gasteiger partial charge is 0.273 e. The lowest BCUT2D eigenvalue weighted by molar-refractivity contribution is -0.113. The van der Waals surface area contributed by atoms with Crippen molar-refractivity contribution in [2.45, 2.75) is 26.9 Å². The molecule has 3 aromatic carbocycles. The van der Waals surface area contributed by atoms with Gasteiger partial charge < -0.3 is 30.9 Å². The number of benzene rings is 3. The van der Waals surface area contributed by atoms with E-state index in [1.165, 1.54) is 11.1 Å². The fraction of sp³-hybridized carbons (Fsp3) is 0.290. The Labute approximate surface area is 229 Å². The van der Waals surface area contributed by atoms with Gasteiger partial charge in [0.05, 0.1) is 7.11 Å². The number of methoxy groups -OCH3 is 1. The number of piperazine rings is 1. The van der Waals surface area contributed by atoms with Gasteiger partial charge in [-0.05, 0) is 73.4 Å². The lowest BCUT2D eigenvalue weighted by Gasteiger charge is -2.27. The Bertz CT molecular complexity index is 1420. The Morgan fingerprint density at radius 3 is 2.36 bits per heavy atom. The largest absolute Gasteiger partial charge is 0.496 e. The van der Waals surface area contributed by atoms with Crippen LogP contribution in [-0.4, -0.2) is 50.0 Å². The van der Waals surface area contributed by atoms with E-state index in [9.17, 15) is 9.59 Å². The summed E-state index contributed by atoms with van der Waals surface area (Å²) in [4.78, 5) is 28.0. The molecule has 0 aromatic heterocycles. The maximum atomic E-state index is 13.3. The van der Waals surface area contributed by atoms with Gasteiger partial charge in [0.1, 0.15) is 17.6 Å². The fourth-order valence-electron chi connectivity index (χ4n) is 5.29. The number of hydrogen-bond acceptors (Lipinski definition) is 6. The monoisotopic (exact) mass is 525 g/mol. The predicted molar refractivity (Wildman–Crippen MR) is 153 cm³/mol. The molecular weight excluding hydrogens is 490 g/mol. The first kappa shape index (κ1) is 26.3. The second-order valence-electron chi connectivity index (χ2n) is 10.0. The molecule has 1 fully saturated rings. The highest BCUT2D eigenvalue weighted by atomic mass is 16.5. The number of carbonyl (C=O) groups is 2. The number of aryl methyl sites for hydroxylation is 2. The van der Waals surface area contributed by atoms with Gasteiger partial charge in [-0.2, -0.15) is 0 Å². The molecule has 0 aliphatic carbocycles. The predicted octanol–water partition coefficient (Wildman–Crippen LogP) is 4.09. The minimum Gasteiger partial charge on any atom is -0.496 e. The second-order valence-corrected chi connectivity index (χ2v) is 10.0. The molecule has 39 heavy (non-hydrogen) atoms. The van der Waals surface area contributed by atoms with E-state index in [1.54, 1.807) is 31.4 Å². The number of hydrogen-bond donors (Lipinski definition) is 4. The molecule has 1 unspecified atom stereocenters. The maximum Gasteiger partial charge on any atom is 0.273 e. The molecule has 1 saturated heterocycles. The number of nitrogens with one attached hydrogen (secondary N) is 4. The van der Waals surface area contributed by atoms with Crippen molar-refractivity contribution in [1.29, 1.82) is 0 Å². The molecule has 5 rings (SSSR count). The number of amides is 2. The Morgan fingerprint density at radius 2 is 1.64 bits per heavy atom. The van der Waals surface area contributed by atoms with Crippen LogP contribution in [0.5, 0.6) is 5.75 Å². The van der Waals surface area contributed by atoms with Gasteiger partial charge >= 0.3 is 0 Å². The average Bonchev–Trinajstić information content (AvgIpc) is 3.35. The van der Waals surface area contributed by atoms with Gasteiger partial charge in [0.2, 0.25) is 0 Å². The zero-order valence-electron chi connectivity index (χ0n) is 22.9. The lowest BCUT2D eigenvalue weighted by atomic mass is 9.93. The molecule has 202 valence electrons. The van der Waals surface area contributed by atoms with Gasteiger partial charge in [0.15, 0.2) is 0 Å². The molecule has 2 amide bonds. The topological polar surface area (TPSA) is 94.7 Å². The Hall–Kier alpha value is -4.30. The lowest BCUT2D eigenvalue weighted by Crippen LogP contribution is -2.46. The summed E-state index contributed by atoms with van der Waals surface area (Å²) in [5.74, 6) is 0.507. The molecule has 0 spiro atoms. The molecular formula is C31H35N5O3. The van der Waals surface area contributed by atoms with Crippen LogP contribution in [0.1, 0.15) is 40.1 Å². The molecule has 2 aliphatic heterocycles. The Balaban J connectivity index is 1.32. The molecule has 2 heterocycles. The normalized spacial score (nSPS) is 16.9. The van der Waals surface area contributed by atoms with Crippen LogP contribution in [0.25, 0.3) is 11.1 Å². The molecule has 8 nitrogen and oxygen atoms in total. The van der Waals surface area contributed by atoms with E-state index in [-0.39, 0.29) is 18.0 Å². The highest BCUT2D eigenvalue weighted by molar-refractivity contribution is 6.05. The average molecular weight is 526 g/mol. The first-order chi connectivity index (χ1) is 18.9. The Kier molecular flexibility index (Phi) is 7.56. The molecule has 2 aliphatic rings. The number of ether oxygens (including phenoxy) is 1. The summed E-state index contributed by atoms with van der Waals surface area (Å²) in [5, 5.41) is 13.0. The van der Waals surface area contributed by atoms with Crippen LogP contribution in [-0.2, 0) is 4.79 Å². The van der Waals surface area contributed by atoms with Crippen molar-refractivity contribution in [2.75, 3.05) is 38.6 Å². The van der Waals surface area contributed by atoms with Crippen LogP contribution >= 0.6 is 0 Å². The first-order valence-corrected chi connectivity index (χ1v) is 13.3. The van der Waals surface area contributed by atoms with Crippen molar-refractivity contribution in [3.8, 4) is 16.9 Å². The van der Waals surface area contributed by atoms with Crippen molar-refractivity contribution < 1.29 is 14.3 Å².